The molecule has 3 aromatic carbocycles. The average Bonchev–Trinajstić information content (AvgIpc) is 2.90. The highest BCUT2D eigenvalue weighted by Gasteiger charge is 2.33. The summed E-state index contributed by atoms with van der Waals surface area (Å²) in [5, 5.41) is 2.85. The summed E-state index contributed by atoms with van der Waals surface area (Å²) >= 11 is 0. The molecule has 38 heavy (non-hydrogen) atoms. The first kappa shape index (κ1) is 28.7. The molecular weight excluding hydrogens is 502 g/mol. The van der Waals surface area contributed by atoms with Gasteiger partial charge in [0.1, 0.15) is 18.3 Å². The fraction of sp³-hybridized carbons (Fsp3) is 0.310. The molecule has 0 saturated carbocycles. The first-order valence-corrected chi connectivity index (χ1v) is 13.8. The molecule has 0 saturated heterocycles. The van der Waals surface area contributed by atoms with Gasteiger partial charge in [-0.1, -0.05) is 54.6 Å². The normalized spacial score (nSPS) is 12.1. The van der Waals surface area contributed by atoms with Crippen molar-refractivity contribution in [2.24, 2.45) is 0 Å². The number of nitrogens with zero attached hydrogens (tertiary/aromatic N) is 2. The van der Waals surface area contributed by atoms with Gasteiger partial charge in [-0.15, -0.1) is 0 Å². The van der Waals surface area contributed by atoms with Crippen LogP contribution in [0.5, 0.6) is 5.75 Å². The number of hydrogen-bond acceptors (Lipinski definition) is 5. The molecule has 0 heterocycles. The molecule has 2 amide bonds. The number of ether oxygens (including phenoxy) is 1. The molecule has 3 rings (SSSR count). The maximum absolute atomic E-state index is 13.9. The second-order valence-corrected chi connectivity index (χ2v) is 11.2. The highest BCUT2D eigenvalue weighted by Crippen LogP contribution is 2.33. The van der Waals surface area contributed by atoms with Crippen molar-refractivity contribution in [1.29, 1.82) is 0 Å². The van der Waals surface area contributed by atoms with Crippen LogP contribution in [0.3, 0.4) is 0 Å². The van der Waals surface area contributed by atoms with Gasteiger partial charge >= 0.3 is 0 Å². The Labute approximate surface area is 225 Å². The number of carbonyl (C=O) groups excluding carboxylic acids is 2. The van der Waals surface area contributed by atoms with Crippen LogP contribution < -0.4 is 14.4 Å². The van der Waals surface area contributed by atoms with Gasteiger partial charge < -0.3 is 15.0 Å². The average molecular weight is 538 g/mol. The van der Waals surface area contributed by atoms with Crippen LogP contribution in [0.1, 0.15) is 31.9 Å². The van der Waals surface area contributed by atoms with Gasteiger partial charge in [-0.25, -0.2) is 8.42 Å². The molecule has 1 unspecified atom stereocenters. The summed E-state index contributed by atoms with van der Waals surface area (Å²) in [5.41, 5.74) is 1.85. The maximum Gasteiger partial charge on any atom is 0.264 e. The van der Waals surface area contributed by atoms with Crippen LogP contribution in [-0.2, 0) is 26.2 Å². The highest BCUT2D eigenvalue weighted by atomic mass is 32.2. The zero-order valence-corrected chi connectivity index (χ0v) is 23.2. The van der Waals surface area contributed by atoms with Crippen molar-refractivity contribution in [3.05, 3.63) is 90.0 Å². The van der Waals surface area contributed by atoms with E-state index in [9.17, 15) is 18.0 Å². The minimum atomic E-state index is -4.16. The van der Waals surface area contributed by atoms with Crippen LogP contribution in [0, 0.1) is 6.92 Å². The van der Waals surface area contributed by atoms with Crippen LogP contribution in [-0.4, -0.2) is 50.9 Å². The Morgan fingerprint density at radius 2 is 1.53 bits per heavy atom. The summed E-state index contributed by atoms with van der Waals surface area (Å²) in [4.78, 5) is 28.3. The molecule has 1 N–H and O–H groups in total. The molecule has 0 radical (unpaired) electrons. The molecule has 0 aromatic heterocycles. The Morgan fingerprint density at radius 3 is 2.11 bits per heavy atom. The number of methoxy groups -OCH3 is 1. The number of anilines is 1. The maximum atomic E-state index is 13.9. The van der Waals surface area contributed by atoms with Crippen molar-refractivity contribution in [2.45, 2.75) is 51.2 Å². The lowest BCUT2D eigenvalue weighted by atomic mass is 10.1. The van der Waals surface area contributed by atoms with E-state index in [-0.39, 0.29) is 29.1 Å². The first-order chi connectivity index (χ1) is 18.0. The second-order valence-electron chi connectivity index (χ2n) is 9.35. The number of carbonyl (C=O) groups is 2. The monoisotopic (exact) mass is 537 g/mol. The molecular formula is C29H35N3O5S. The number of nitrogens with one attached hydrogen (secondary N) is 1. The summed E-state index contributed by atoms with van der Waals surface area (Å²) in [7, 11) is -2.72. The van der Waals surface area contributed by atoms with E-state index in [0.717, 1.165) is 15.4 Å². The van der Waals surface area contributed by atoms with Crippen LogP contribution in [0.25, 0.3) is 0 Å². The van der Waals surface area contributed by atoms with Gasteiger partial charge in [-0.05, 0) is 63.1 Å². The first-order valence-electron chi connectivity index (χ1n) is 12.4. The summed E-state index contributed by atoms with van der Waals surface area (Å²) in [6, 6.07) is 21.4. The zero-order valence-electron chi connectivity index (χ0n) is 22.4. The van der Waals surface area contributed by atoms with Crippen molar-refractivity contribution in [1.82, 2.24) is 10.2 Å². The predicted octanol–water partition coefficient (Wildman–Crippen LogP) is 4.14. The predicted molar refractivity (Wildman–Crippen MR) is 148 cm³/mol. The molecule has 0 bridgehead atoms. The fourth-order valence-electron chi connectivity index (χ4n) is 4.00. The molecule has 8 nitrogen and oxygen atoms in total. The Morgan fingerprint density at radius 1 is 0.921 bits per heavy atom. The van der Waals surface area contributed by atoms with E-state index in [2.05, 4.69) is 5.32 Å². The number of hydrogen-bond donors (Lipinski definition) is 1. The molecule has 0 aliphatic rings. The quantitative estimate of drug-likeness (QED) is 0.397. The molecule has 202 valence electrons. The summed E-state index contributed by atoms with van der Waals surface area (Å²) in [6.45, 7) is 6.76. The summed E-state index contributed by atoms with van der Waals surface area (Å²) < 4.78 is 34.3. The number of benzene rings is 3. The van der Waals surface area contributed by atoms with E-state index in [1.807, 2.05) is 51.1 Å². The van der Waals surface area contributed by atoms with Crippen molar-refractivity contribution in [2.75, 3.05) is 18.0 Å². The van der Waals surface area contributed by atoms with Gasteiger partial charge in [-0.2, -0.15) is 0 Å². The molecule has 0 aliphatic carbocycles. The van der Waals surface area contributed by atoms with Gasteiger partial charge in [0.05, 0.1) is 17.7 Å². The van der Waals surface area contributed by atoms with Gasteiger partial charge in [0.25, 0.3) is 10.0 Å². The topological polar surface area (TPSA) is 96.0 Å². The lowest BCUT2D eigenvalue weighted by Crippen LogP contribution is -2.52. The highest BCUT2D eigenvalue weighted by molar-refractivity contribution is 7.92. The summed E-state index contributed by atoms with van der Waals surface area (Å²) in [6.07, 6.45) is 0. The summed E-state index contributed by atoms with van der Waals surface area (Å²) in [5.74, 6) is -0.540. The van der Waals surface area contributed by atoms with Gasteiger partial charge in [-0.3, -0.25) is 13.9 Å². The molecule has 3 aromatic rings. The molecule has 1 atom stereocenters. The Balaban J connectivity index is 2.08. The van der Waals surface area contributed by atoms with Crippen molar-refractivity contribution >= 4 is 27.5 Å². The van der Waals surface area contributed by atoms with Gasteiger partial charge in [0, 0.05) is 12.6 Å². The van der Waals surface area contributed by atoms with Crippen molar-refractivity contribution in [3.8, 4) is 5.75 Å². The minimum absolute atomic E-state index is 0.0385. The number of rotatable bonds is 11. The van der Waals surface area contributed by atoms with E-state index < -0.39 is 28.5 Å². The van der Waals surface area contributed by atoms with E-state index in [1.54, 1.807) is 43.3 Å². The van der Waals surface area contributed by atoms with Crippen molar-refractivity contribution < 1.29 is 22.7 Å². The molecule has 0 fully saturated rings. The Kier molecular flexibility index (Phi) is 9.52. The lowest BCUT2D eigenvalue weighted by Gasteiger charge is -2.32. The SMILES string of the molecule is COc1ccc(C)cc1N(CC(=O)N(Cc1ccccc1)C(C)C(=O)NC(C)C)S(=O)(=O)c1ccccc1. The van der Waals surface area contributed by atoms with Crippen LogP contribution in [0.2, 0.25) is 0 Å². The third kappa shape index (κ3) is 6.92. The third-order valence-electron chi connectivity index (χ3n) is 6.01. The zero-order chi connectivity index (χ0) is 27.9. The number of sulfonamides is 1. The number of amides is 2. The van der Waals surface area contributed by atoms with E-state index >= 15 is 0 Å². The molecule has 0 aliphatic heterocycles. The molecule has 0 spiro atoms. The Hall–Kier alpha value is -3.85. The van der Waals surface area contributed by atoms with E-state index in [1.165, 1.54) is 24.1 Å². The van der Waals surface area contributed by atoms with E-state index in [0.29, 0.717) is 5.75 Å². The molecule has 9 heteroatoms. The van der Waals surface area contributed by atoms with Crippen LogP contribution in [0.4, 0.5) is 5.69 Å². The van der Waals surface area contributed by atoms with Crippen LogP contribution in [0.15, 0.2) is 83.8 Å². The second kappa shape index (κ2) is 12.6. The van der Waals surface area contributed by atoms with Gasteiger partial charge in [0.15, 0.2) is 0 Å². The standard InChI is InChI=1S/C29H35N3O5S/c1-21(2)30-29(34)23(4)31(19-24-12-8-6-9-13-24)28(33)20-32(26-18-22(3)16-17-27(26)37-5)38(35,36)25-14-10-7-11-15-25/h6-18,21,23H,19-20H2,1-5H3,(H,30,34). The van der Waals surface area contributed by atoms with E-state index in [4.69, 9.17) is 4.74 Å². The largest absolute Gasteiger partial charge is 0.495 e. The van der Waals surface area contributed by atoms with Crippen molar-refractivity contribution in [3.63, 3.8) is 0 Å². The lowest BCUT2D eigenvalue weighted by molar-refractivity contribution is -0.139. The van der Waals surface area contributed by atoms with Crippen LogP contribution >= 0.6 is 0 Å². The third-order valence-corrected chi connectivity index (χ3v) is 7.78. The smallest absolute Gasteiger partial charge is 0.264 e. The number of aryl methyl sites for hydroxylation is 1. The Bertz CT molecular complexity index is 1350. The minimum Gasteiger partial charge on any atom is -0.495 e. The fourth-order valence-corrected chi connectivity index (χ4v) is 5.43. The van der Waals surface area contributed by atoms with Gasteiger partial charge in [0.2, 0.25) is 11.8 Å².